The molecule has 0 radical (unpaired) electrons. The molecule has 1 amide bonds. The number of nitrogens with one attached hydrogen (secondary N) is 2. The zero-order chi connectivity index (χ0) is 19.2. The largest absolute Gasteiger partial charge is 0.383 e. The number of thiophene rings is 1. The summed E-state index contributed by atoms with van der Waals surface area (Å²) in [7, 11) is 1.61. The Hall–Kier alpha value is -2.21. The van der Waals surface area contributed by atoms with Gasteiger partial charge in [-0.15, -0.1) is 22.7 Å². The molecule has 0 bridgehead atoms. The highest BCUT2D eigenvalue weighted by molar-refractivity contribution is 7.16. The van der Waals surface area contributed by atoms with Crippen LogP contribution in [0.2, 0.25) is 0 Å². The molecule has 0 saturated heterocycles. The second kappa shape index (κ2) is 9.13. The highest BCUT2D eigenvalue weighted by Crippen LogP contribution is 2.38. The first-order chi connectivity index (χ1) is 13.1. The van der Waals surface area contributed by atoms with Crippen molar-refractivity contribution in [3.63, 3.8) is 0 Å². The predicted molar refractivity (Wildman–Crippen MR) is 109 cm³/mol. The van der Waals surface area contributed by atoms with Crippen LogP contribution in [0.5, 0.6) is 0 Å². The lowest BCUT2D eigenvalue weighted by Crippen LogP contribution is -2.28. The lowest BCUT2D eigenvalue weighted by atomic mass is 9.95. The van der Waals surface area contributed by atoms with Crippen molar-refractivity contribution in [2.24, 2.45) is 0 Å². The minimum Gasteiger partial charge on any atom is -0.383 e. The Morgan fingerprint density at radius 3 is 2.96 bits per heavy atom. The van der Waals surface area contributed by atoms with E-state index in [4.69, 9.17) is 4.74 Å². The van der Waals surface area contributed by atoms with Crippen LogP contribution in [-0.4, -0.2) is 31.2 Å². The number of nitrogens with zero attached hydrogens (tertiary/aromatic N) is 2. The SMILES string of the molecule is COCCNC(=O)c1c(N/C=C(\C#N)c2nc(C)cs2)sc2c1CCCC2. The number of carbonyl (C=O) groups excluding carboxylic acids is 1. The van der Waals surface area contributed by atoms with E-state index >= 15 is 0 Å². The lowest BCUT2D eigenvalue weighted by molar-refractivity contribution is 0.0937. The van der Waals surface area contributed by atoms with Crippen LogP contribution in [-0.2, 0) is 17.6 Å². The molecule has 2 N–H and O–H groups in total. The number of rotatable bonds is 7. The monoisotopic (exact) mass is 402 g/mol. The van der Waals surface area contributed by atoms with Crippen LogP contribution in [0, 0.1) is 18.3 Å². The fourth-order valence-corrected chi connectivity index (χ4v) is 5.04. The Balaban J connectivity index is 1.88. The zero-order valence-corrected chi connectivity index (χ0v) is 17.1. The first kappa shape index (κ1) is 19.5. The number of anilines is 1. The molecular weight excluding hydrogens is 380 g/mol. The van der Waals surface area contributed by atoms with Crippen molar-refractivity contribution in [1.29, 1.82) is 5.26 Å². The molecule has 0 saturated carbocycles. The number of amides is 1. The van der Waals surface area contributed by atoms with Crippen molar-refractivity contribution in [1.82, 2.24) is 10.3 Å². The van der Waals surface area contributed by atoms with Crippen LogP contribution in [0.15, 0.2) is 11.6 Å². The molecule has 0 aliphatic heterocycles. The van der Waals surface area contributed by atoms with Crippen molar-refractivity contribution >= 4 is 39.2 Å². The first-order valence-electron chi connectivity index (χ1n) is 8.85. The number of aryl methyl sites for hydroxylation is 2. The number of hydrogen-bond acceptors (Lipinski definition) is 7. The maximum Gasteiger partial charge on any atom is 0.254 e. The van der Waals surface area contributed by atoms with Gasteiger partial charge in [-0.25, -0.2) is 4.98 Å². The minimum atomic E-state index is -0.0917. The zero-order valence-electron chi connectivity index (χ0n) is 15.4. The highest BCUT2D eigenvalue weighted by Gasteiger charge is 2.25. The molecule has 3 rings (SSSR count). The molecule has 0 unspecified atom stereocenters. The Kier molecular flexibility index (Phi) is 6.61. The Bertz CT molecular complexity index is 892. The van der Waals surface area contributed by atoms with Gasteiger partial charge < -0.3 is 15.4 Å². The van der Waals surface area contributed by atoms with Gasteiger partial charge in [-0.05, 0) is 38.2 Å². The summed E-state index contributed by atoms with van der Waals surface area (Å²) in [4.78, 5) is 18.4. The number of allylic oxidation sites excluding steroid dienone is 1. The van der Waals surface area contributed by atoms with Crippen molar-refractivity contribution in [3.05, 3.63) is 38.3 Å². The van der Waals surface area contributed by atoms with Gasteiger partial charge in [0.05, 0.1) is 12.2 Å². The normalized spacial score (nSPS) is 13.7. The number of aromatic nitrogens is 1. The van der Waals surface area contributed by atoms with E-state index in [2.05, 4.69) is 21.7 Å². The van der Waals surface area contributed by atoms with Crippen molar-refractivity contribution in [2.45, 2.75) is 32.6 Å². The molecule has 8 heteroatoms. The summed E-state index contributed by atoms with van der Waals surface area (Å²) in [6.07, 6.45) is 5.82. The number of hydrogen-bond donors (Lipinski definition) is 2. The fourth-order valence-electron chi connectivity index (χ4n) is 3.02. The topological polar surface area (TPSA) is 87.0 Å². The maximum absolute atomic E-state index is 12.8. The molecule has 1 aliphatic rings. The number of fused-ring (bicyclic) bond motifs is 1. The summed E-state index contributed by atoms with van der Waals surface area (Å²) in [5.74, 6) is -0.0917. The average Bonchev–Trinajstić information content (AvgIpc) is 3.26. The summed E-state index contributed by atoms with van der Waals surface area (Å²) in [5.41, 5.74) is 3.20. The smallest absolute Gasteiger partial charge is 0.254 e. The Morgan fingerprint density at radius 1 is 1.44 bits per heavy atom. The van der Waals surface area contributed by atoms with Crippen LogP contribution in [0.25, 0.3) is 5.57 Å². The summed E-state index contributed by atoms with van der Waals surface area (Å²) < 4.78 is 5.02. The molecular formula is C19H22N4O2S2. The number of methoxy groups -OCH3 is 1. The molecule has 0 fully saturated rings. The van der Waals surface area contributed by atoms with Gasteiger partial charge >= 0.3 is 0 Å². The number of ether oxygens (including phenoxy) is 1. The third-order valence-electron chi connectivity index (χ3n) is 4.31. The number of thiazole rings is 1. The van der Waals surface area contributed by atoms with Gasteiger partial charge in [0.25, 0.3) is 5.91 Å². The summed E-state index contributed by atoms with van der Waals surface area (Å²) >= 11 is 3.05. The van der Waals surface area contributed by atoms with Gasteiger partial charge in [0.2, 0.25) is 0 Å². The van der Waals surface area contributed by atoms with Crippen LogP contribution in [0.1, 0.15) is 44.3 Å². The predicted octanol–water partition coefficient (Wildman–Crippen LogP) is 3.74. The molecule has 2 heterocycles. The molecule has 1 aliphatic carbocycles. The Morgan fingerprint density at radius 2 is 2.26 bits per heavy atom. The van der Waals surface area contributed by atoms with Gasteiger partial charge in [-0.3, -0.25) is 4.79 Å². The first-order valence-corrected chi connectivity index (χ1v) is 10.5. The van der Waals surface area contributed by atoms with Crippen LogP contribution in [0.3, 0.4) is 0 Å². The molecule has 2 aromatic rings. The van der Waals surface area contributed by atoms with E-state index in [0.717, 1.165) is 41.9 Å². The van der Waals surface area contributed by atoms with Crippen LogP contribution < -0.4 is 10.6 Å². The highest BCUT2D eigenvalue weighted by atomic mass is 32.1. The molecule has 0 aromatic carbocycles. The van der Waals surface area contributed by atoms with E-state index in [1.54, 1.807) is 24.6 Å². The van der Waals surface area contributed by atoms with E-state index in [1.807, 2.05) is 12.3 Å². The van der Waals surface area contributed by atoms with Crippen molar-refractivity contribution in [2.75, 3.05) is 25.6 Å². The Labute approximate surface area is 166 Å². The second-order valence-corrected chi connectivity index (χ2v) is 8.24. The molecule has 0 atom stereocenters. The average molecular weight is 403 g/mol. The third-order valence-corrected chi connectivity index (χ3v) is 6.52. The van der Waals surface area contributed by atoms with Crippen molar-refractivity contribution < 1.29 is 9.53 Å². The summed E-state index contributed by atoms with van der Waals surface area (Å²) in [6, 6.07) is 2.19. The van der Waals surface area contributed by atoms with Gasteiger partial charge in [-0.2, -0.15) is 5.26 Å². The maximum atomic E-state index is 12.8. The van der Waals surface area contributed by atoms with Gasteiger partial charge in [0.1, 0.15) is 21.7 Å². The van der Waals surface area contributed by atoms with Crippen LogP contribution >= 0.6 is 22.7 Å². The quantitative estimate of drug-likeness (QED) is 0.544. The van der Waals surface area contributed by atoms with Crippen molar-refractivity contribution in [3.8, 4) is 6.07 Å². The molecule has 0 spiro atoms. The summed E-state index contributed by atoms with van der Waals surface area (Å²) in [5, 5.41) is 19.0. The number of carbonyl (C=O) groups is 1. The van der Waals surface area contributed by atoms with Gasteiger partial charge in [0.15, 0.2) is 0 Å². The van der Waals surface area contributed by atoms with E-state index in [0.29, 0.717) is 29.3 Å². The second-order valence-electron chi connectivity index (χ2n) is 6.27. The van der Waals surface area contributed by atoms with Gasteiger partial charge in [0, 0.05) is 35.8 Å². The number of nitriles is 1. The minimum absolute atomic E-state index is 0.0917. The van der Waals surface area contributed by atoms with E-state index < -0.39 is 0 Å². The standard InChI is InChI=1S/C19H22N4O2S2/c1-12-11-26-18(23-12)13(9-20)10-22-19-16(17(24)21-7-8-25-2)14-5-3-4-6-15(14)27-19/h10-11,22H,3-8H2,1-2H3,(H,21,24)/b13-10+. The third kappa shape index (κ3) is 4.56. The molecule has 27 heavy (non-hydrogen) atoms. The summed E-state index contributed by atoms with van der Waals surface area (Å²) in [6.45, 7) is 2.85. The van der Waals surface area contributed by atoms with E-state index in [1.165, 1.54) is 16.2 Å². The molecule has 2 aromatic heterocycles. The molecule has 6 nitrogen and oxygen atoms in total. The lowest BCUT2D eigenvalue weighted by Gasteiger charge is -2.13. The van der Waals surface area contributed by atoms with E-state index in [-0.39, 0.29) is 5.91 Å². The van der Waals surface area contributed by atoms with Gasteiger partial charge in [-0.1, -0.05) is 0 Å². The molecule has 142 valence electrons. The van der Waals surface area contributed by atoms with E-state index in [9.17, 15) is 10.1 Å². The van der Waals surface area contributed by atoms with Crippen LogP contribution in [0.4, 0.5) is 5.00 Å². The fraction of sp³-hybridized carbons (Fsp3) is 0.421.